The van der Waals surface area contributed by atoms with Gasteiger partial charge >= 0.3 is 5.97 Å². The summed E-state index contributed by atoms with van der Waals surface area (Å²) in [6, 6.07) is 2.69. The van der Waals surface area contributed by atoms with Crippen LogP contribution >= 0.6 is 0 Å². The molecule has 0 unspecified atom stereocenters. The van der Waals surface area contributed by atoms with Crippen LogP contribution in [0.5, 0.6) is 0 Å². The Hall–Kier alpha value is -1.91. The highest BCUT2D eigenvalue weighted by Crippen LogP contribution is 2.60. The first-order valence-corrected chi connectivity index (χ1v) is 6.58. The lowest BCUT2D eigenvalue weighted by Gasteiger charge is -2.14. The van der Waals surface area contributed by atoms with Crippen molar-refractivity contribution in [3.63, 3.8) is 0 Å². The molecule has 1 aromatic heterocycles. The second-order valence-corrected chi connectivity index (χ2v) is 5.55. The summed E-state index contributed by atoms with van der Waals surface area (Å²) in [6.45, 7) is 0.690. The minimum absolute atomic E-state index is 0.0866. The van der Waals surface area contributed by atoms with Crippen LogP contribution in [0.1, 0.15) is 46.5 Å². The fourth-order valence-electron chi connectivity index (χ4n) is 2.62. The molecule has 2 fully saturated rings. The number of nitrogens with one attached hydrogen (secondary N) is 1. The molecule has 2 aliphatic carbocycles. The van der Waals surface area contributed by atoms with Gasteiger partial charge < -0.3 is 10.4 Å². The molecule has 0 radical (unpaired) electrons. The normalized spacial score (nSPS) is 19.8. The zero-order valence-corrected chi connectivity index (χ0v) is 10.6. The smallest absolute Gasteiger partial charge is 0.335 e. The quantitative estimate of drug-likeness (QED) is 0.844. The maximum atomic E-state index is 12.0. The zero-order chi connectivity index (χ0) is 13.5. The molecule has 0 atom stereocenters. The maximum absolute atomic E-state index is 12.0. The van der Waals surface area contributed by atoms with Gasteiger partial charge in [-0.25, -0.2) is 4.79 Å². The van der Waals surface area contributed by atoms with E-state index >= 15 is 0 Å². The third-order valence-electron chi connectivity index (χ3n) is 4.18. The Morgan fingerprint density at radius 2 is 2.16 bits per heavy atom. The molecule has 19 heavy (non-hydrogen) atoms. The molecule has 5 heteroatoms. The van der Waals surface area contributed by atoms with Crippen molar-refractivity contribution in [1.82, 2.24) is 10.3 Å². The lowest BCUT2D eigenvalue weighted by atomic mass is 10.0. The number of hydrogen-bond donors (Lipinski definition) is 2. The highest BCUT2D eigenvalue weighted by Gasteiger charge is 2.53. The van der Waals surface area contributed by atoms with Gasteiger partial charge in [0.15, 0.2) is 0 Å². The number of nitrogens with zero attached hydrogens (tertiary/aromatic N) is 1. The van der Waals surface area contributed by atoms with Crippen LogP contribution in [-0.4, -0.2) is 28.5 Å². The summed E-state index contributed by atoms with van der Waals surface area (Å²) in [6.07, 6.45) is 6.30. The summed E-state index contributed by atoms with van der Waals surface area (Å²) >= 11 is 0. The van der Waals surface area contributed by atoms with Crippen LogP contribution in [0.3, 0.4) is 0 Å². The molecular formula is C14H16N2O3. The molecule has 2 saturated carbocycles. The van der Waals surface area contributed by atoms with E-state index in [2.05, 4.69) is 10.3 Å². The lowest BCUT2D eigenvalue weighted by molar-refractivity contribution is 0.0696. The van der Waals surface area contributed by atoms with Gasteiger partial charge in [-0.1, -0.05) is 0 Å². The van der Waals surface area contributed by atoms with Crippen molar-refractivity contribution in [1.29, 1.82) is 0 Å². The van der Waals surface area contributed by atoms with Gasteiger partial charge in [0.1, 0.15) is 5.69 Å². The third kappa shape index (κ3) is 2.45. The molecule has 1 heterocycles. The van der Waals surface area contributed by atoms with Crippen LogP contribution in [0.15, 0.2) is 18.3 Å². The number of amides is 1. The molecule has 0 aromatic carbocycles. The molecule has 0 aliphatic heterocycles. The number of aromatic nitrogens is 1. The fourth-order valence-corrected chi connectivity index (χ4v) is 2.62. The largest absolute Gasteiger partial charge is 0.478 e. The van der Waals surface area contributed by atoms with E-state index in [4.69, 9.17) is 5.11 Å². The summed E-state index contributed by atoms with van der Waals surface area (Å²) in [5.74, 6) is -0.547. The average Bonchev–Trinajstić information content (AvgIpc) is 3.28. The van der Waals surface area contributed by atoms with E-state index in [1.165, 1.54) is 44.0 Å². The number of rotatable bonds is 5. The average molecular weight is 260 g/mol. The van der Waals surface area contributed by atoms with E-state index in [-0.39, 0.29) is 17.2 Å². The lowest BCUT2D eigenvalue weighted by Crippen LogP contribution is -2.31. The number of carbonyl (C=O) groups is 2. The van der Waals surface area contributed by atoms with E-state index in [0.717, 1.165) is 5.92 Å². The Balaban J connectivity index is 1.63. The van der Waals surface area contributed by atoms with E-state index in [0.29, 0.717) is 12.0 Å². The van der Waals surface area contributed by atoms with Gasteiger partial charge in [0.25, 0.3) is 5.91 Å². The monoisotopic (exact) mass is 260 g/mol. The predicted octanol–water partition coefficient (Wildman–Crippen LogP) is 1.70. The van der Waals surface area contributed by atoms with Crippen molar-refractivity contribution in [3.8, 4) is 0 Å². The first kappa shape index (κ1) is 12.1. The van der Waals surface area contributed by atoms with E-state index in [9.17, 15) is 9.59 Å². The molecule has 0 spiro atoms. The molecular weight excluding hydrogens is 244 g/mol. The molecule has 2 N–H and O–H groups in total. The van der Waals surface area contributed by atoms with Crippen molar-refractivity contribution >= 4 is 11.9 Å². The van der Waals surface area contributed by atoms with Crippen LogP contribution in [0.4, 0.5) is 0 Å². The van der Waals surface area contributed by atoms with Crippen LogP contribution in [-0.2, 0) is 0 Å². The zero-order valence-electron chi connectivity index (χ0n) is 10.6. The minimum Gasteiger partial charge on any atom is -0.478 e. The van der Waals surface area contributed by atoms with E-state index < -0.39 is 5.97 Å². The molecule has 0 saturated heterocycles. The number of aromatic carboxylic acids is 1. The van der Waals surface area contributed by atoms with Gasteiger partial charge in [-0.15, -0.1) is 0 Å². The molecule has 3 rings (SSSR count). The van der Waals surface area contributed by atoms with Crippen LogP contribution < -0.4 is 5.32 Å². The topological polar surface area (TPSA) is 79.3 Å². The SMILES string of the molecule is O=C(O)c1ccnc(C(=O)NCC2(C3CC3)CC2)c1. The maximum Gasteiger partial charge on any atom is 0.335 e. The summed E-state index contributed by atoms with van der Waals surface area (Å²) in [5.41, 5.74) is 0.593. The summed E-state index contributed by atoms with van der Waals surface area (Å²) in [4.78, 5) is 26.7. The Labute approximate surface area is 111 Å². The summed E-state index contributed by atoms with van der Waals surface area (Å²) in [7, 11) is 0. The highest BCUT2D eigenvalue weighted by molar-refractivity contribution is 5.95. The first-order valence-electron chi connectivity index (χ1n) is 6.58. The van der Waals surface area contributed by atoms with E-state index in [1.807, 2.05) is 0 Å². The van der Waals surface area contributed by atoms with Gasteiger partial charge in [0.2, 0.25) is 0 Å². The number of carboxylic acid groups (broad SMARTS) is 1. The molecule has 2 aliphatic rings. The number of hydrogen-bond acceptors (Lipinski definition) is 3. The Morgan fingerprint density at radius 3 is 2.74 bits per heavy atom. The standard InChI is InChI=1S/C14H16N2O3/c17-12(11-7-9(13(18)19)3-6-15-11)16-8-14(4-5-14)10-1-2-10/h3,6-7,10H,1-2,4-5,8H2,(H,16,17)(H,18,19). The molecule has 0 bridgehead atoms. The Morgan fingerprint density at radius 1 is 1.42 bits per heavy atom. The number of carbonyl (C=O) groups excluding carboxylic acids is 1. The minimum atomic E-state index is -1.05. The Bertz CT molecular complexity index is 533. The van der Waals surface area contributed by atoms with Gasteiger partial charge in [-0.05, 0) is 49.1 Å². The van der Waals surface area contributed by atoms with Gasteiger partial charge in [-0.2, -0.15) is 0 Å². The van der Waals surface area contributed by atoms with Crippen molar-refractivity contribution in [2.45, 2.75) is 25.7 Å². The van der Waals surface area contributed by atoms with Crippen molar-refractivity contribution in [2.75, 3.05) is 6.54 Å². The molecule has 1 aromatic rings. The van der Waals surface area contributed by atoms with E-state index in [1.54, 1.807) is 0 Å². The van der Waals surface area contributed by atoms with Crippen molar-refractivity contribution in [3.05, 3.63) is 29.6 Å². The Kier molecular flexibility index (Phi) is 2.77. The second kappa shape index (κ2) is 4.33. The molecule has 100 valence electrons. The van der Waals surface area contributed by atoms with Crippen molar-refractivity contribution in [2.24, 2.45) is 11.3 Å². The van der Waals surface area contributed by atoms with Crippen LogP contribution in [0.25, 0.3) is 0 Å². The predicted molar refractivity (Wildman–Crippen MR) is 67.9 cm³/mol. The first-order chi connectivity index (χ1) is 9.11. The third-order valence-corrected chi connectivity index (χ3v) is 4.18. The fraction of sp³-hybridized carbons (Fsp3) is 0.500. The molecule has 1 amide bonds. The summed E-state index contributed by atoms with van der Waals surface area (Å²) in [5, 5.41) is 11.8. The van der Waals surface area contributed by atoms with Gasteiger partial charge in [0, 0.05) is 12.7 Å². The highest BCUT2D eigenvalue weighted by atomic mass is 16.4. The summed E-state index contributed by atoms with van der Waals surface area (Å²) < 4.78 is 0. The van der Waals surface area contributed by atoms with Crippen molar-refractivity contribution < 1.29 is 14.7 Å². The molecule has 5 nitrogen and oxygen atoms in total. The number of carboxylic acids is 1. The number of pyridine rings is 1. The van der Waals surface area contributed by atoms with Crippen LogP contribution in [0, 0.1) is 11.3 Å². The van der Waals surface area contributed by atoms with Gasteiger partial charge in [0.05, 0.1) is 5.56 Å². The van der Waals surface area contributed by atoms with Gasteiger partial charge in [-0.3, -0.25) is 9.78 Å². The van der Waals surface area contributed by atoms with Crippen LogP contribution in [0.2, 0.25) is 0 Å². The second-order valence-electron chi connectivity index (χ2n) is 5.55.